The van der Waals surface area contributed by atoms with Gasteiger partial charge >= 0.3 is 0 Å². The molecule has 0 aliphatic heterocycles. The van der Waals surface area contributed by atoms with Crippen LogP contribution in [0.2, 0.25) is 0 Å². The Balaban J connectivity index is 1.52. The van der Waals surface area contributed by atoms with Gasteiger partial charge in [-0.05, 0) is 74.6 Å². The summed E-state index contributed by atoms with van der Waals surface area (Å²) in [5, 5.41) is 10.3. The second-order valence-electron chi connectivity index (χ2n) is 10.1. The number of aliphatic hydroxyl groups excluding tert-OH is 1. The van der Waals surface area contributed by atoms with Gasteiger partial charge in [0.25, 0.3) is 0 Å². The molecule has 1 aromatic heterocycles. The number of hydrogen-bond donors (Lipinski definition) is 1. The lowest BCUT2D eigenvalue weighted by atomic mass is 10.0. The van der Waals surface area contributed by atoms with Crippen molar-refractivity contribution < 1.29 is 14.3 Å². The van der Waals surface area contributed by atoms with Crippen LogP contribution in [-0.4, -0.2) is 69.4 Å². The van der Waals surface area contributed by atoms with Crippen molar-refractivity contribution in [3.05, 3.63) is 87.1 Å². The van der Waals surface area contributed by atoms with Crippen LogP contribution in [0.25, 0.3) is 0 Å². The fraction of sp³-hybridized carbons (Fsp3) is 0.355. The number of nitrogens with zero attached hydrogens (tertiary/aromatic N) is 2. The van der Waals surface area contributed by atoms with Gasteiger partial charge in [-0.25, -0.2) is 0 Å². The van der Waals surface area contributed by atoms with Gasteiger partial charge in [-0.3, -0.25) is 0 Å². The molecule has 1 heterocycles. The van der Waals surface area contributed by atoms with Crippen LogP contribution in [0.3, 0.4) is 0 Å². The molecule has 0 aliphatic carbocycles. The summed E-state index contributed by atoms with van der Waals surface area (Å²) in [4.78, 5) is 4.04. The largest absolute Gasteiger partial charge is 0.493 e. The minimum atomic E-state index is -0.450. The van der Waals surface area contributed by atoms with Gasteiger partial charge in [0, 0.05) is 24.1 Å². The third-order valence-electron chi connectivity index (χ3n) is 5.51. The topological polar surface area (TPSA) is 32.7 Å². The van der Waals surface area contributed by atoms with Gasteiger partial charge in [0.1, 0.15) is 5.75 Å². The van der Waals surface area contributed by atoms with E-state index in [-0.39, 0.29) is 0 Å². The second kappa shape index (κ2) is 13.3. The lowest BCUT2D eigenvalue weighted by Gasteiger charge is -2.23. The zero-order valence-electron chi connectivity index (χ0n) is 22.0. The summed E-state index contributed by atoms with van der Waals surface area (Å²) in [6.07, 6.45) is 1.29. The van der Waals surface area contributed by atoms with Gasteiger partial charge in [-0.2, -0.15) is 0 Å². The van der Waals surface area contributed by atoms with E-state index in [2.05, 4.69) is 49.7 Å². The molecule has 0 saturated carbocycles. The van der Waals surface area contributed by atoms with Crippen molar-refractivity contribution in [3.63, 3.8) is 0 Å². The van der Waals surface area contributed by atoms with Crippen molar-refractivity contribution in [2.45, 2.75) is 18.9 Å². The molecule has 188 valence electrons. The first-order valence-electron chi connectivity index (χ1n) is 12.3. The molecule has 5 heteroatoms. The molecule has 2 aromatic carbocycles. The van der Waals surface area contributed by atoms with E-state index in [9.17, 15) is 5.11 Å². The normalized spacial score (nSPS) is 11.9. The fourth-order valence-corrected chi connectivity index (χ4v) is 4.15. The SMILES string of the molecule is CN(C)CCC(O)c1ccc(C#Cc2ccc(C#Cc3ccc(OCCC[N+](C)(C)C)cc3)s2)cc1. The third-order valence-corrected chi connectivity index (χ3v) is 6.42. The highest BCUT2D eigenvalue weighted by atomic mass is 32.1. The smallest absolute Gasteiger partial charge is 0.119 e. The Kier molecular flexibility index (Phi) is 10.2. The molecule has 4 nitrogen and oxygen atoms in total. The second-order valence-corrected chi connectivity index (χ2v) is 11.2. The lowest BCUT2D eigenvalue weighted by Crippen LogP contribution is -2.35. The van der Waals surface area contributed by atoms with Crippen LogP contribution < -0.4 is 4.74 Å². The molecule has 36 heavy (non-hydrogen) atoms. The first-order valence-corrected chi connectivity index (χ1v) is 13.1. The molecule has 0 spiro atoms. The molecule has 0 fully saturated rings. The Hall–Kier alpha value is -3.06. The predicted octanol–water partition coefficient (Wildman–Crippen LogP) is 5.01. The molecule has 3 aromatic rings. The quantitative estimate of drug-likeness (QED) is 0.254. The van der Waals surface area contributed by atoms with E-state index in [0.717, 1.165) is 62.8 Å². The predicted molar refractivity (Wildman–Crippen MR) is 150 cm³/mol. The average Bonchev–Trinajstić information content (AvgIpc) is 3.31. The minimum Gasteiger partial charge on any atom is -0.493 e. The van der Waals surface area contributed by atoms with E-state index in [1.54, 1.807) is 11.3 Å². The average molecular weight is 502 g/mol. The molecular weight excluding hydrogens is 464 g/mol. The number of quaternary nitrogens is 1. The molecular formula is C31H37N2O2S+. The maximum absolute atomic E-state index is 10.3. The van der Waals surface area contributed by atoms with Crippen LogP contribution in [0.15, 0.2) is 60.7 Å². The number of rotatable bonds is 9. The van der Waals surface area contributed by atoms with Crippen molar-refractivity contribution in [3.8, 4) is 29.4 Å². The first kappa shape index (κ1) is 27.5. The number of ether oxygens (including phenoxy) is 1. The molecule has 1 atom stereocenters. The number of hydrogen-bond acceptors (Lipinski definition) is 4. The van der Waals surface area contributed by atoms with Gasteiger partial charge in [-0.15, -0.1) is 11.3 Å². The van der Waals surface area contributed by atoms with Crippen molar-refractivity contribution in [1.29, 1.82) is 0 Å². The Labute approximate surface area is 220 Å². The van der Waals surface area contributed by atoms with Crippen LogP contribution in [0, 0.1) is 23.7 Å². The van der Waals surface area contributed by atoms with Gasteiger partial charge in [0.15, 0.2) is 0 Å². The highest BCUT2D eigenvalue weighted by molar-refractivity contribution is 7.13. The van der Waals surface area contributed by atoms with Crippen molar-refractivity contribution >= 4 is 11.3 Å². The summed E-state index contributed by atoms with van der Waals surface area (Å²) in [7, 11) is 10.6. The van der Waals surface area contributed by atoms with E-state index in [1.807, 2.05) is 74.8 Å². The van der Waals surface area contributed by atoms with E-state index in [0.29, 0.717) is 6.42 Å². The highest BCUT2D eigenvalue weighted by Crippen LogP contribution is 2.18. The van der Waals surface area contributed by atoms with Crippen LogP contribution >= 0.6 is 11.3 Å². The van der Waals surface area contributed by atoms with Crippen molar-refractivity contribution in [2.24, 2.45) is 0 Å². The van der Waals surface area contributed by atoms with Crippen LogP contribution in [-0.2, 0) is 0 Å². The first-order chi connectivity index (χ1) is 17.2. The fourth-order valence-electron chi connectivity index (χ4n) is 3.44. The molecule has 0 amide bonds. The molecule has 0 radical (unpaired) electrons. The van der Waals surface area contributed by atoms with Crippen LogP contribution in [0.4, 0.5) is 0 Å². The minimum absolute atomic E-state index is 0.450. The Bertz CT molecular complexity index is 1210. The summed E-state index contributed by atoms with van der Waals surface area (Å²) < 4.78 is 6.79. The van der Waals surface area contributed by atoms with Gasteiger partial charge < -0.3 is 19.2 Å². The van der Waals surface area contributed by atoms with Crippen molar-refractivity contribution in [2.75, 3.05) is 54.9 Å². The summed E-state index contributed by atoms with van der Waals surface area (Å²) in [5.41, 5.74) is 2.82. The standard InChI is InChI=1S/C31H37N2O2S/c1-32(2)22-21-31(34)27-13-7-25(8-14-27)11-17-29-19-20-30(36-29)18-12-26-9-15-28(16-10-26)35-24-6-23-33(3,4)5/h7-10,13-16,19-20,31,34H,6,21-24H2,1-5H3/q+1. The summed E-state index contributed by atoms with van der Waals surface area (Å²) >= 11 is 1.59. The van der Waals surface area contributed by atoms with E-state index < -0.39 is 6.10 Å². The Morgan fingerprint density at radius 2 is 1.39 bits per heavy atom. The van der Waals surface area contributed by atoms with Gasteiger partial charge in [0.2, 0.25) is 0 Å². The molecule has 1 unspecified atom stereocenters. The van der Waals surface area contributed by atoms with Crippen LogP contribution in [0.5, 0.6) is 5.75 Å². The molecule has 1 N–H and O–H groups in total. The van der Waals surface area contributed by atoms with E-state index in [4.69, 9.17) is 4.74 Å². The molecule has 0 bridgehead atoms. The van der Waals surface area contributed by atoms with Crippen molar-refractivity contribution in [1.82, 2.24) is 4.90 Å². The van der Waals surface area contributed by atoms with E-state index in [1.165, 1.54) is 0 Å². The molecule has 0 aliphatic rings. The van der Waals surface area contributed by atoms with E-state index >= 15 is 0 Å². The number of thiophene rings is 1. The summed E-state index contributed by atoms with van der Waals surface area (Å²) in [6.45, 7) is 2.66. The molecule has 0 saturated heterocycles. The Morgan fingerprint density at radius 1 is 0.833 bits per heavy atom. The third kappa shape index (κ3) is 9.90. The zero-order chi connectivity index (χ0) is 26.0. The zero-order valence-corrected chi connectivity index (χ0v) is 22.9. The van der Waals surface area contributed by atoms with Crippen LogP contribution in [0.1, 0.15) is 45.4 Å². The van der Waals surface area contributed by atoms with Gasteiger partial charge in [-0.1, -0.05) is 35.8 Å². The summed E-state index contributed by atoms with van der Waals surface area (Å²) in [6, 6.07) is 19.8. The molecule has 3 rings (SSSR count). The number of aliphatic hydroxyl groups is 1. The number of benzene rings is 2. The maximum Gasteiger partial charge on any atom is 0.119 e. The van der Waals surface area contributed by atoms with Gasteiger partial charge in [0.05, 0.1) is 50.2 Å². The Morgan fingerprint density at radius 3 is 1.92 bits per heavy atom. The maximum atomic E-state index is 10.3. The monoisotopic (exact) mass is 501 g/mol. The summed E-state index contributed by atoms with van der Waals surface area (Å²) in [5.74, 6) is 13.8. The highest BCUT2D eigenvalue weighted by Gasteiger charge is 2.08. The lowest BCUT2D eigenvalue weighted by molar-refractivity contribution is -0.870.